The first kappa shape index (κ1) is 26.0. The number of halogens is 7. The molecule has 3 aromatic heterocycles. The van der Waals surface area contributed by atoms with E-state index in [1.807, 2.05) is 0 Å². The molecule has 0 fully saturated rings. The Kier molecular flexibility index (Phi) is 6.42. The molecule has 0 bridgehead atoms. The van der Waals surface area contributed by atoms with Crippen molar-refractivity contribution in [1.29, 1.82) is 0 Å². The van der Waals surface area contributed by atoms with E-state index in [-0.39, 0.29) is 10.4 Å². The van der Waals surface area contributed by atoms with E-state index in [0.29, 0.717) is 23.2 Å². The van der Waals surface area contributed by atoms with Crippen LogP contribution in [0.25, 0.3) is 16.7 Å². The summed E-state index contributed by atoms with van der Waals surface area (Å²) in [4.78, 5) is 19.8. The summed E-state index contributed by atoms with van der Waals surface area (Å²) >= 11 is 5.56. The number of carbonyl (C=O) groups is 1. The molecule has 0 unspecified atom stereocenters. The summed E-state index contributed by atoms with van der Waals surface area (Å²) < 4.78 is 87.4. The molecule has 0 aliphatic carbocycles. The smallest absolute Gasteiger partial charge is 0.435 e. The third kappa shape index (κ3) is 5.23. The Morgan fingerprint density at radius 2 is 1.72 bits per heavy atom. The van der Waals surface area contributed by atoms with Crippen molar-refractivity contribution in [2.75, 3.05) is 5.32 Å². The zero-order chi connectivity index (χ0) is 27.9. The second kappa shape index (κ2) is 9.62. The van der Waals surface area contributed by atoms with E-state index in [0.717, 1.165) is 17.5 Å². The Labute approximate surface area is 219 Å². The predicted octanol–water partition coefficient (Wildman–Crippen LogP) is 6.88. The van der Waals surface area contributed by atoms with Gasteiger partial charge < -0.3 is 15.0 Å². The average molecular weight is 567 g/mol. The SMILES string of the molecule is O=C(Nc1ccc(Oc2ccnc3[nH]ccc23)cc1)c1nnn(-c2ccc(Cl)c(C(F)(F)F)c2)c1C(F)(F)F. The number of aromatic nitrogens is 5. The molecule has 1 amide bonds. The number of anilines is 1. The largest absolute Gasteiger partial charge is 0.457 e. The lowest BCUT2D eigenvalue weighted by Gasteiger charge is -2.14. The summed E-state index contributed by atoms with van der Waals surface area (Å²) in [5, 5.41) is 8.87. The zero-order valence-electron chi connectivity index (χ0n) is 19.1. The second-order valence-electron chi connectivity index (χ2n) is 7.99. The molecule has 5 aromatic rings. The van der Waals surface area contributed by atoms with Crippen LogP contribution in [0.5, 0.6) is 11.5 Å². The van der Waals surface area contributed by atoms with Crippen molar-refractivity contribution in [2.45, 2.75) is 12.4 Å². The third-order valence-electron chi connectivity index (χ3n) is 5.41. The van der Waals surface area contributed by atoms with Gasteiger partial charge in [-0.1, -0.05) is 16.8 Å². The fourth-order valence-electron chi connectivity index (χ4n) is 3.68. The average Bonchev–Trinajstić information content (AvgIpc) is 3.53. The molecule has 0 radical (unpaired) electrons. The second-order valence-corrected chi connectivity index (χ2v) is 8.39. The molecule has 0 spiro atoms. The molecule has 5 rings (SSSR count). The maximum absolute atomic E-state index is 13.9. The Balaban J connectivity index is 1.40. The summed E-state index contributed by atoms with van der Waals surface area (Å²) in [6.45, 7) is 0. The van der Waals surface area contributed by atoms with E-state index in [9.17, 15) is 31.1 Å². The monoisotopic (exact) mass is 566 g/mol. The van der Waals surface area contributed by atoms with Crippen molar-refractivity contribution >= 4 is 34.2 Å². The Bertz CT molecular complexity index is 1680. The Hall–Kier alpha value is -4.59. The number of benzene rings is 2. The van der Waals surface area contributed by atoms with Crippen LogP contribution in [0.15, 0.2) is 67.0 Å². The van der Waals surface area contributed by atoms with Gasteiger partial charge in [-0.3, -0.25) is 4.79 Å². The zero-order valence-corrected chi connectivity index (χ0v) is 19.9. The van der Waals surface area contributed by atoms with Gasteiger partial charge in [0.1, 0.15) is 17.1 Å². The highest BCUT2D eigenvalue weighted by atomic mass is 35.5. The Morgan fingerprint density at radius 3 is 2.41 bits per heavy atom. The summed E-state index contributed by atoms with van der Waals surface area (Å²) in [6.07, 6.45) is -6.90. The van der Waals surface area contributed by atoms with Crippen LogP contribution in [0.2, 0.25) is 5.02 Å². The van der Waals surface area contributed by atoms with Gasteiger partial charge in [0.25, 0.3) is 5.91 Å². The van der Waals surface area contributed by atoms with Gasteiger partial charge in [-0.25, -0.2) is 9.67 Å². The van der Waals surface area contributed by atoms with Crippen LogP contribution in [0, 0.1) is 0 Å². The Morgan fingerprint density at radius 1 is 0.974 bits per heavy atom. The highest BCUT2D eigenvalue weighted by Crippen LogP contribution is 2.38. The quantitative estimate of drug-likeness (QED) is 0.226. The van der Waals surface area contributed by atoms with Gasteiger partial charge in [-0.05, 0) is 54.6 Å². The van der Waals surface area contributed by atoms with Gasteiger partial charge >= 0.3 is 12.4 Å². The lowest BCUT2D eigenvalue weighted by Crippen LogP contribution is -2.21. The van der Waals surface area contributed by atoms with E-state index >= 15 is 0 Å². The van der Waals surface area contributed by atoms with Crippen LogP contribution in [-0.2, 0) is 12.4 Å². The standard InChI is InChI=1S/C24H13ClF6N6O2/c25-17-6-3-13(11-16(17)23(26,27)28)37-20(24(29,30)31)19(35-36-37)22(38)34-12-1-4-14(5-2-12)39-18-8-10-33-21-15(18)7-9-32-21/h1-11H,(H,32,33)(H,34,38). The molecule has 2 aromatic carbocycles. The van der Waals surface area contributed by atoms with Crippen LogP contribution in [0.4, 0.5) is 32.0 Å². The molecular weight excluding hydrogens is 554 g/mol. The van der Waals surface area contributed by atoms with Crippen LogP contribution < -0.4 is 10.1 Å². The number of fused-ring (bicyclic) bond motifs is 1. The minimum absolute atomic E-state index is 0.0994. The van der Waals surface area contributed by atoms with Crippen LogP contribution in [-0.4, -0.2) is 30.9 Å². The van der Waals surface area contributed by atoms with Crippen molar-refractivity contribution in [2.24, 2.45) is 0 Å². The molecule has 0 atom stereocenters. The van der Waals surface area contributed by atoms with E-state index in [1.54, 1.807) is 24.5 Å². The van der Waals surface area contributed by atoms with Gasteiger partial charge in [0.2, 0.25) is 0 Å². The van der Waals surface area contributed by atoms with Crippen molar-refractivity contribution in [1.82, 2.24) is 25.0 Å². The fraction of sp³-hybridized carbons (Fsp3) is 0.0833. The fourth-order valence-corrected chi connectivity index (χ4v) is 3.90. The molecule has 0 aliphatic rings. The third-order valence-corrected chi connectivity index (χ3v) is 5.74. The topological polar surface area (TPSA) is 97.7 Å². The molecular formula is C24H13ClF6N6O2. The number of amides is 1. The van der Waals surface area contributed by atoms with Crippen molar-refractivity contribution in [3.8, 4) is 17.2 Å². The van der Waals surface area contributed by atoms with Crippen molar-refractivity contribution < 1.29 is 35.9 Å². The lowest BCUT2D eigenvalue weighted by atomic mass is 10.2. The predicted molar refractivity (Wildman–Crippen MR) is 127 cm³/mol. The summed E-state index contributed by atoms with van der Waals surface area (Å²) in [5.41, 5.74) is -4.11. The number of hydrogen-bond acceptors (Lipinski definition) is 5. The maximum Gasteiger partial charge on any atom is 0.435 e. The van der Waals surface area contributed by atoms with Crippen molar-refractivity contribution in [3.05, 3.63) is 89.0 Å². The van der Waals surface area contributed by atoms with E-state index in [1.165, 1.54) is 24.3 Å². The summed E-state index contributed by atoms with van der Waals surface area (Å²) in [6, 6.07) is 11.2. The number of alkyl halides is 6. The number of aromatic amines is 1. The van der Waals surface area contributed by atoms with Gasteiger partial charge in [-0.2, -0.15) is 26.3 Å². The molecule has 200 valence electrons. The normalized spacial score (nSPS) is 12.1. The number of rotatable bonds is 5. The van der Waals surface area contributed by atoms with Gasteiger partial charge in [0.15, 0.2) is 11.4 Å². The molecule has 15 heteroatoms. The van der Waals surface area contributed by atoms with Crippen LogP contribution in [0.1, 0.15) is 21.7 Å². The van der Waals surface area contributed by atoms with Gasteiger partial charge in [-0.15, -0.1) is 5.10 Å². The molecule has 0 saturated carbocycles. The first-order valence-electron chi connectivity index (χ1n) is 10.8. The number of carbonyl (C=O) groups excluding carboxylic acids is 1. The first-order valence-corrected chi connectivity index (χ1v) is 11.2. The molecule has 3 heterocycles. The first-order chi connectivity index (χ1) is 18.4. The van der Waals surface area contributed by atoms with E-state index in [4.69, 9.17) is 16.3 Å². The lowest BCUT2D eigenvalue weighted by molar-refractivity contribution is -0.143. The number of nitrogens with zero attached hydrogens (tertiary/aromatic N) is 4. The minimum atomic E-state index is -5.19. The molecule has 0 aliphatic heterocycles. The molecule has 2 N–H and O–H groups in total. The van der Waals surface area contributed by atoms with Crippen LogP contribution in [0.3, 0.4) is 0 Å². The van der Waals surface area contributed by atoms with E-state index in [2.05, 4.69) is 25.6 Å². The molecule has 0 saturated heterocycles. The van der Waals surface area contributed by atoms with Crippen LogP contribution >= 0.6 is 11.6 Å². The number of hydrogen-bond donors (Lipinski definition) is 2. The highest BCUT2D eigenvalue weighted by molar-refractivity contribution is 6.31. The van der Waals surface area contributed by atoms with Crippen molar-refractivity contribution in [3.63, 3.8) is 0 Å². The number of H-pyrrole nitrogens is 1. The highest BCUT2D eigenvalue weighted by Gasteiger charge is 2.42. The van der Waals surface area contributed by atoms with Gasteiger partial charge in [0.05, 0.1) is 21.7 Å². The summed E-state index contributed by atoms with van der Waals surface area (Å²) in [5.74, 6) is -0.414. The number of nitrogens with one attached hydrogen (secondary N) is 2. The van der Waals surface area contributed by atoms with Gasteiger partial charge in [0, 0.05) is 18.1 Å². The number of pyridine rings is 1. The summed E-state index contributed by atoms with van der Waals surface area (Å²) in [7, 11) is 0. The molecule has 8 nitrogen and oxygen atoms in total. The molecule has 39 heavy (non-hydrogen) atoms. The van der Waals surface area contributed by atoms with E-state index < -0.39 is 45.9 Å². The maximum atomic E-state index is 13.9. The minimum Gasteiger partial charge on any atom is -0.457 e. The number of ether oxygens (including phenoxy) is 1.